The highest BCUT2D eigenvalue weighted by Gasteiger charge is 2.13. The van der Waals surface area contributed by atoms with Gasteiger partial charge in [-0.1, -0.05) is 12.1 Å². The standard InChI is InChI=1S/C14H18N4O2S/c1-9(16-13(20)6-7-21-8-12(15)19)14-17-10-4-2-3-5-11(10)18-14/h2-5,9H,6-8H2,1H3,(H2,15,19)(H,16,20)(H,17,18). The third-order valence-corrected chi connectivity index (χ3v) is 3.89. The lowest BCUT2D eigenvalue weighted by Gasteiger charge is -2.11. The summed E-state index contributed by atoms with van der Waals surface area (Å²) in [6, 6.07) is 7.53. The molecule has 0 aliphatic heterocycles. The summed E-state index contributed by atoms with van der Waals surface area (Å²) in [5, 5.41) is 2.88. The van der Waals surface area contributed by atoms with Gasteiger partial charge in [0.05, 0.1) is 22.8 Å². The van der Waals surface area contributed by atoms with Crippen LogP contribution in [0.4, 0.5) is 0 Å². The van der Waals surface area contributed by atoms with Gasteiger partial charge in [0.1, 0.15) is 5.82 Å². The van der Waals surface area contributed by atoms with Gasteiger partial charge in [-0.25, -0.2) is 4.98 Å². The van der Waals surface area contributed by atoms with Gasteiger partial charge in [0.15, 0.2) is 0 Å². The fourth-order valence-electron chi connectivity index (χ4n) is 1.90. The Bertz CT molecular complexity index is 608. The van der Waals surface area contributed by atoms with Crippen molar-refractivity contribution in [2.75, 3.05) is 11.5 Å². The SMILES string of the molecule is CC(NC(=O)CCSCC(N)=O)c1nc2ccccc2[nH]1. The second-order valence-corrected chi connectivity index (χ2v) is 5.80. The fraction of sp³-hybridized carbons (Fsp3) is 0.357. The van der Waals surface area contributed by atoms with Crippen LogP contribution in [0.1, 0.15) is 25.2 Å². The van der Waals surface area contributed by atoms with Gasteiger partial charge < -0.3 is 16.0 Å². The van der Waals surface area contributed by atoms with Crippen molar-refractivity contribution in [3.8, 4) is 0 Å². The molecule has 6 nitrogen and oxygen atoms in total. The van der Waals surface area contributed by atoms with Crippen LogP contribution in [0.2, 0.25) is 0 Å². The Morgan fingerprint density at radius 2 is 2.19 bits per heavy atom. The number of thioether (sulfide) groups is 1. The van der Waals surface area contributed by atoms with Crippen molar-refractivity contribution in [2.24, 2.45) is 5.73 Å². The van der Waals surface area contributed by atoms with Crippen LogP contribution in [0.25, 0.3) is 11.0 Å². The summed E-state index contributed by atoms with van der Waals surface area (Å²) in [6.07, 6.45) is 0.350. The minimum absolute atomic E-state index is 0.0695. The molecule has 1 unspecified atom stereocenters. The summed E-state index contributed by atoms with van der Waals surface area (Å²) < 4.78 is 0. The van der Waals surface area contributed by atoms with E-state index >= 15 is 0 Å². The van der Waals surface area contributed by atoms with Crippen molar-refractivity contribution in [3.05, 3.63) is 30.1 Å². The predicted molar refractivity (Wildman–Crippen MR) is 83.8 cm³/mol. The van der Waals surface area contributed by atoms with Gasteiger partial charge in [0.2, 0.25) is 11.8 Å². The minimum Gasteiger partial charge on any atom is -0.369 e. The number of aromatic amines is 1. The number of carbonyl (C=O) groups excluding carboxylic acids is 2. The number of nitrogens with two attached hydrogens (primary N) is 1. The summed E-state index contributed by atoms with van der Waals surface area (Å²) in [6.45, 7) is 1.88. The topological polar surface area (TPSA) is 101 Å². The molecule has 0 aliphatic carbocycles. The number of benzene rings is 1. The van der Waals surface area contributed by atoms with Crippen LogP contribution in [-0.4, -0.2) is 33.3 Å². The molecule has 4 N–H and O–H groups in total. The van der Waals surface area contributed by atoms with E-state index in [2.05, 4.69) is 15.3 Å². The van der Waals surface area contributed by atoms with Crippen molar-refractivity contribution in [3.63, 3.8) is 0 Å². The number of primary amides is 1. The number of amides is 2. The van der Waals surface area contributed by atoms with Crippen molar-refractivity contribution in [1.29, 1.82) is 0 Å². The molecule has 0 spiro atoms. The molecule has 0 aliphatic rings. The molecule has 1 atom stereocenters. The maximum Gasteiger partial charge on any atom is 0.227 e. The first-order valence-electron chi connectivity index (χ1n) is 6.66. The van der Waals surface area contributed by atoms with Gasteiger partial charge in [-0.3, -0.25) is 9.59 Å². The fourth-order valence-corrected chi connectivity index (χ4v) is 2.57. The number of fused-ring (bicyclic) bond motifs is 1. The number of aromatic nitrogens is 2. The van der Waals surface area contributed by atoms with Crippen LogP contribution < -0.4 is 11.1 Å². The lowest BCUT2D eigenvalue weighted by molar-refractivity contribution is -0.121. The molecule has 0 saturated carbocycles. The molecule has 2 rings (SSSR count). The van der Waals surface area contributed by atoms with Crippen LogP contribution in [-0.2, 0) is 9.59 Å². The van der Waals surface area contributed by atoms with E-state index in [0.717, 1.165) is 16.9 Å². The zero-order chi connectivity index (χ0) is 15.2. The summed E-state index contributed by atoms with van der Waals surface area (Å²) in [4.78, 5) is 30.0. The summed E-state index contributed by atoms with van der Waals surface area (Å²) in [7, 11) is 0. The first-order chi connectivity index (χ1) is 10.1. The van der Waals surface area contributed by atoms with Crippen molar-refractivity contribution in [1.82, 2.24) is 15.3 Å². The van der Waals surface area contributed by atoms with E-state index in [1.54, 1.807) is 0 Å². The average molecular weight is 306 g/mol. The van der Waals surface area contributed by atoms with E-state index in [1.807, 2.05) is 31.2 Å². The van der Waals surface area contributed by atoms with E-state index < -0.39 is 0 Å². The molecule has 0 fully saturated rings. The zero-order valence-corrected chi connectivity index (χ0v) is 12.6. The number of para-hydroxylation sites is 2. The van der Waals surface area contributed by atoms with E-state index in [9.17, 15) is 9.59 Å². The first kappa shape index (κ1) is 15.4. The first-order valence-corrected chi connectivity index (χ1v) is 7.82. The van der Waals surface area contributed by atoms with Crippen LogP contribution in [0, 0.1) is 0 Å². The van der Waals surface area contributed by atoms with Crippen molar-refractivity contribution < 1.29 is 9.59 Å². The van der Waals surface area contributed by atoms with Gasteiger partial charge >= 0.3 is 0 Å². The lowest BCUT2D eigenvalue weighted by atomic mass is 10.3. The van der Waals surface area contributed by atoms with Crippen molar-refractivity contribution in [2.45, 2.75) is 19.4 Å². The largest absolute Gasteiger partial charge is 0.369 e. The van der Waals surface area contributed by atoms with Crippen molar-refractivity contribution >= 4 is 34.6 Å². The molecule has 2 amide bonds. The second-order valence-electron chi connectivity index (χ2n) is 4.70. The number of carbonyl (C=O) groups is 2. The predicted octanol–water partition coefficient (Wildman–Crippen LogP) is 1.35. The molecule has 112 valence electrons. The van der Waals surface area contributed by atoms with Gasteiger partial charge in [0.25, 0.3) is 0 Å². The Kier molecular flexibility index (Phi) is 5.21. The van der Waals surface area contributed by atoms with E-state index in [-0.39, 0.29) is 23.6 Å². The van der Waals surface area contributed by atoms with E-state index in [0.29, 0.717) is 12.2 Å². The molecule has 2 aromatic rings. The third kappa shape index (κ3) is 4.49. The highest BCUT2D eigenvalue weighted by Crippen LogP contribution is 2.15. The number of rotatable bonds is 7. The van der Waals surface area contributed by atoms with Gasteiger partial charge in [-0.15, -0.1) is 0 Å². The zero-order valence-electron chi connectivity index (χ0n) is 11.8. The molecule has 7 heteroatoms. The normalized spacial score (nSPS) is 12.2. The number of H-pyrrole nitrogens is 1. The average Bonchev–Trinajstić information content (AvgIpc) is 2.87. The molecule has 0 saturated heterocycles. The van der Waals surface area contributed by atoms with Gasteiger partial charge in [-0.05, 0) is 19.1 Å². The maximum atomic E-state index is 11.8. The van der Waals surface area contributed by atoms with Crippen LogP contribution in [0.5, 0.6) is 0 Å². The Morgan fingerprint density at radius 1 is 1.43 bits per heavy atom. The van der Waals surface area contributed by atoms with E-state index in [1.165, 1.54) is 11.8 Å². The Morgan fingerprint density at radius 3 is 2.90 bits per heavy atom. The monoisotopic (exact) mass is 306 g/mol. The van der Waals surface area contributed by atoms with Gasteiger partial charge in [0, 0.05) is 12.2 Å². The number of nitrogens with zero attached hydrogens (tertiary/aromatic N) is 1. The maximum absolute atomic E-state index is 11.8. The Hall–Kier alpha value is -2.02. The molecule has 1 aromatic carbocycles. The highest BCUT2D eigenvalue weighted by atomic mass is 32.2. The number of imidazole rings is 1. The summed E-state index contributed by atoms with van der Waals surface area (Å²) in [5.74, 6) is 1.11. The lowest BCUT2D eigenvalue weighted by Crippen LogP contribution is -2.27. The molecular formula is C14H18N4O2S. The van der Waals surface area contributed by atoms with Crippen LogP contribution in [0.3, 0.4) is 0 Å². The molecule has 0 radical (unpaired) electrons. The Labute approximate surface area is 126 Å². The van der Waals surface area contributed by atoms with Crippen LogP contribution in [0.15, 0.2) is 24.3 Å². The minimum atomic E-state index is -0.365. The molecule has 21 heavy (non-hydrogen) atoms. The number of hydrogen-bond donors (Lipinski definition) is 3. The Balaban J connectivity index is 1.84. The van der Waals surface area contributed by atoms with Crippen LogP contribution >= 0.6 is 11.8 Å². The third-order valence-electron chi connectivity index (χ3n) is 2.91. The smallest absolute Gasteiger partial charge is 0.227 e. The number of hydrogen-bond acceptors (Lipinski definition) is 4. The number of nitrogens with one attached hydrogen (secondary N) is 2. The van der Waals surface area contributed by atoms with E-state index in [4.69, 9.17) is 5.73 Å². The summed E-state index contributed by atoms with van der Waals surface area (Å²) in [5.41, 5.74) is 6.86. The molecule has 1 heterocycles. The summed E-state index contributed by atoms with van der Waals surface area (Å²) >= 11 is 1.36. The quantitative estimate of drug-likeness (QED) is 0.672. The molecule has 1 aromatic heterocycles. The highest BCUT2D eigenvalue weighted by molar-refractivity contribution is 7.99. The molecular weight excluding hydrogens is 288 g/mol. The van der Waals surface area contributed by atoms with Gasteiger partial charge in [-0.2, -0.15) is 11.8 Å². The second kappa shape index (κ2) is 7.12. The molecule has 0 bridgehead atoms.